The van der Waals surface area contributed by atoms with Crippen LogP contribution in [0.2, 0.25) is 23.2 Å². The van der Waals surface area contributed by atoms with Gasteiger partial charge in [0.05, 0.1) is 12.3 Å². The lowest BCUT2D eigenvalue weighted by Crippen LogP contribution is -2.40. The molecule has 0 aliphatic heterocycles. The number of carbonyl (C=O) groups is 2. The van der Waals surface area contributed by atoms with Crippen LogP contribution in [0.4, 0.5) is 0 Å². The first-order valence-electron chi connectivity index (χ1n) is 10.5. The van der Waals surface area contributed by atoms with Gasteiger partial charge < -0.3 is 14.1 Å². The molecule has 3 rings (SSSR count). The summed E-state index contributed by atoms with van der Waals surface area (Å²) in [5.41, 5.74) is 2.80. The fourth-order valence-corrected chi connectivity index (χ4v) is 4.17. The predicted molar refractivity (Wildman–Crippen MR) is 128 cm³/mol. The number of halogens is 1. The first kappa shape index (κ1) is 24.2. The van der Waals surface area contributed by atoms with Crippen molar-refractivity contribution in [2.45, 2.75) is 59.0 Å². The molecular formula is C24H29ClN2O4Si. The van der Waals surface area contributed by atoms with E-state index in [2.05, 4.69) is 43.8 Å². The molecule has 0 saturated carbocycles. The van der Waals surface area contributed by atoms with Gasteiger partial charge in [-0.25, -0.2) is 0 Å². The van der Waals surface area contributed by atoms with E-state index in [0.29, 0.717) is 34.1 Å². The number of ether oxygens (including phenoxy) is 1. The van der Waals surface area contributed by atoms with Gasteiger partial charge in [-0.3, -0.25) is 14.6 Å². The molecular weight excluding hydrogens is 444 g/mol. The van der Waals surface area contributed by atoms with E-state index in [1.165, 1.54) is 6.92 Å². The highest BCUT2D eigenvalue weighted by Crippen LogP contribution is 2.37. The molecule has 170 valence electrons. The van der Waals surface area contributed by atoms with Crippen LogP contribution in [-0.4, -0.2) is 30.0 Å². The molecule has 0 unspecified atom stereocenters. The van der Waals surface area contributed by atoms with Crippen molar-refractivity contribution in [3.63, 3.8) is 0 Å². The average Bonchev–Trinajstić information content (AvgIpc) is 3.07. The minimum atomic E-state index is -1.93. The maximum atomic E-state index is 13.4. The molecule has 0 aliphatic carbocycles. The number of benzene rings is 1. The molecule has 0 atom stereocenters. The predicted octanol–water partition coefficient (Wildman–Crippen LogP) is 6.03. The number of ketones is 1. The van der Waals surface area contributed by atoms with Crippen LogP contribution >= 0.6 is 11.6 Å². The van der Waals surface area contributed by atoms with Crippen molar-refractivity contribution in [3.8, 4) is 0 Å². The van der Waals surface area contributed by atoms with Gasteiger partial charge in [0.1, 0.15) is 12.3 Å². The molecule has 0 saturated heterocycles. The number of nitrogens with one attached hydrogen (secondary N) is 1. The van der Waals surface area contributed by atoms with Gasteiger partial charge in [-0.05, 0) is 48.0 Å². The normalized spacial score (nSPS) is 12.2. The summed E-state index contributed by atoms with van der Waals surface area (Å²) in [4.78, 5) is 32.2. The Morgan fingerprint density at radius 1 is 1.12 bits per heavy atom. The van der Waals surface area contributed by atoms with Gasteiger partial charge in [-0.2, -0.15) is 0 Å². The zero-order chi connectivity index (χ0) is 23.7. The van der Waals surface area contributed by atoms with Gasteiger partial charge in [-0.15, -0.1) is 0 Å². The molecule has 3 aromatic rings. The monoisotopic (exact) mass is 472 g/mol. The first-order valence-corrected chi connectivity index (χ1v) is 13.7. The summed E-state index contributed by atoms with van der Waals surface area (Å²) in [6.07, 6.45) is 1.61. The number of aromatic amines is 1. The highest BCUT2D eigenvalue weighted by Gasteiger charge is 2.37. The molecule has 0 bridgehead atoms. The van der Waals surface area contributed by atoms with Crippen molar-refractivity contribution in [1.82, 2.24) is 9.97 Å². The van der Waals surface area contributed by atoms with E-state index in [-0.39, 0.29) is 17.4 Å². The molecule has 0 fully saturated rings. The number of esters is 1. The van der Waals surface area contributed by atoms with Crippen molar-refractivity contribution in [3.05, 3.63) is 64.1 Å². The molecule has 0 spiro atoms. The number of rotatable bonds is 7. The fourth-order valence-electron chi connectivity index (χ4n) is 3.04. The zero-order valence-corrected chi connectivity index (χ0v) is 21.1. The van der Waals surface area contributed by atoms with Crippen LogP contribution in [0.1, 0.15) is 55.0 Å². The van der Waals surface area contributed by atoms with E-state index < -0.39 is 14.3 Å². The number of hydrogen-bond acceptors (Lipinski definition) is 5. The van der Waals surface area contributed by atoms with Gasteiger partial charge in [-0.1, -0.05) is 38.4 Å². The van der Waals surface area contributed by atoms with Crippen LogP contribution < -0.4 is 0 Å². The Labute approximate surface area is 194 Å². The standard InChI is InChI=1S/C24H29ClN2O4Si/c1-15(28)30-14-19-18-8-7-17(25)12-20(18)27-22(19)23(29)21-11-16(9-10-26-21)13-31-32(5,6)24(2,3)4/h7-12,27H,13-14H2,1-6H3. The Morgan fingerprint density at radius 3 is 2.50 bits per heavy atom. The third kappa shape index (κ3) is 5.28. The summed E-state index contributed by atoms with van der Waals surface area (Å²) in [6, 6.07) is 8.89. The van der Waals surface area contributed by atoms with Crippen LogP contribution in [0, 0.1) is 0 Å². The van der Waals surface area contributed by atoms with E-state index in [1.807, 2.05) is 6.07 Å². The van der Waals surface area contributed by atoms with E-state index in [4.69, 9.17) is 20.8 Å². The maximum Gasteiger partial charge on any atom is 0.302 e. The molecule has 0 aliphatic rings. The average molecular weight is 473 g/mol. The Balaban J connectivity index is 1.93. The quantitative estimate of drug-likeness (QED) is 0.258. The van der Waals surface area contributed by atoms with Gasteiger partial charge in [0.15, 0.2) is 8.32 Å². The van der Waals surface area contributed by atoms with Gasteiger partial charge in [0.2, 0.25) is 5.78 Å². The van der Waals surface area contributed by atoms with Crippen molar-refractivity contribution in [2.24, 2.45) is 0 Å². The van der Waals surface area contributed by atoms with Crippen LogP contribution in [0.25, 0.3) is 10.9 Å². The molecule has 32 heavy (non-hydrogen) atoms. The van der Waals surface area contributed by atoms with Crippen molar-refractivity contribution < 1.29 is 18.8 Å². The molecule has 0 radical (unpaired) electrons. The second-order valence-electron chi connectivity index (χ2n) is 9.38. The van der Waals surface area contributed by atoms with Crippen molar-refractivity contribution in [1.29, 1.82) is 0 Å². The number of H-pyrrole nitrogens is 1. The molecule has 2 aromatic heterocycles. The maximum absolute atomic E-state index is 13.4. The van der Waals surface area contributed by atoms with Crippen molar-refractivity contribution >= 4 is 42.6 Å². The van der Waals surface area contributed by atoms with E-state index in [9.17, 15) is 9.59 Å². The fraction of sp³-hybridized carbons (Fsp3) is 0.375. The minimum absolute atomic E-state index is 0.0216. The van der Waals surface area contributed by atoms with Crippen molar-refractivity contribution in [2.75, 3.05) is 0 Å². The van der Waals surface area contributed by atoms with Gasteiger partial charge in [0, 0.05) is 34.6 Å². The van der Waals surface area contributed by atoms with Crippen LogP contribution in [-0.2, 0) is 27.2 Å². The lowest BCUT2D eigenvalue weighted by Gasteiger charge is -2.36. The third-order valence-electron chi connectivity index (χ3n) is 5.98. The zero-order valence-electron chi connectivity index (χ0n) is 19.3. The highest BCUT2D eigenvalue weighted by atomic mass is 35.5. The van der Waals surface area contributed by atoms with E-state index in [1.54, 1.807) is 30.5 Å². The van der Waals surface area contributed by atoms with Crippen LogP contribution in [0.3, 0.4) is 0 Å². The molecule has 1 aromatic carbocycles. The lowest BCUT2D eigenvalue weighted by molar-refractivity contribution is -0.142. The molecule has 6 nitrogen and oxygen atoms in total. The summed E-state index contributed by atoms with van der Waals surface area (Å²) >= 11 is 6.12. The number of aromatic nitrogens is 2. The number of carbonyl (C=O) groups excluding carboxylic acids is 2. The van der Waals surface area contributed by atoms with Crippen LogP contribution in [0.5, 0.6) is 0 Å². The van der Waals surface area contributed by atoms with Gasteiger partial charge in [0.25, 0.3) is 0 Å². The summed E-state index contributed by atoms with van der Waals surface area (Å²) in [5.74, 6) is -0.705. The summed E-state index contributed by atoms with van der Waals surface area (Å²) in [6.45, 7) is 12.7. The second kappa shape index (κ2) is 9.17. The van der Waals surface area contributed by atoms with E-state index >= 15 is 0 Å². The molecule has 0 amide bonds. The van der Waals surface area contributed by atoms with Gasteiger partial charge >= 0.3 is 5.97 Å². The smallest absolute Gasteiger partial charge is 0.302 e. The number of nitrogens with zero attached hydrogens (tertiary/aromatic N) is 1. The third-order valence-corrected chi connectivity index (χ3v) is 10.7. The Kier molecular flexibility index (Phi) is 6.93. The Morgan fingerprint density at radius 2 is 1.84 bits per heavy atom. The number of hydrogen-bond donors (Lipinski definition) is 1. The summed E-state index contributed by atoms with van der Waals surface area (Å²) in [5, 5.41) is 1.41. The molecule has 8 heteroatoms. The Hall–Kier alpha value is -2.48. The lowest BCUT2D eigenvalue weighted by atomic mass is 10.1. The highest BCUT2D eigenvalue weighted by molar-refractivity contribution is 6.74. The van der Waals surface area contributed by atoms with Crippen LogP contribution in [0.15, 0.2) is 36.5 Å². The molecule has 1 N–H and O–H groups in total. The number of fused-ring (bicyclic) bond motifs is 1. The SMILES string of the molecule is CC(=O)OCc1c(C(=O)c2cc(CO[Si](C)(C)C(C)(C)C)ccn2)[nH]c2cc(Cl)ccc12. The minimum Gasteiger partial charge on any atom is -0.461 e. The molecule has 2 heterocycles. The summed E-state index contributed by atoms with van der Waals surface area (Å²) < 4.78 is 11.5. The first-order chi connectivity index (χ1) is 14.9. The summed E-state index contributed by atoms with van der Waals surface area (Å²) in [7, 11) is -1.93. The van der Waals surface area contributed by atoms with E-state index in [0.717, 1.165) is 10.9 Å². The Bertz CT molecular complexity index is 1160. The second-order valence-corrected chi connectivity index (χ2v) is 14.6. The largest absolute Gasteiger partial charge is 0.461 e. The topological polar surface area (TPSA) is 81.3 Å². The number of pyridine rings is 1.